The van der Waals surface area contributed by atoms with E-state index in [2.05, 4.69) is 0 Å². The van der Waals surface area contributed by atoms with Gasteiger partial charge < -0.3 is 0 Å². The fraction of sp³-hybridized carbons (Fsp3) is 0.429. The summed E-state index contributed by atoms with van der Waals surface area (Å²) in [6.07, 6.45) is -2.13. The first-order valence-corrected chi connectivity index (χ1v) is 3.98. The Morgan fingerprint density at radius 2 is 2.00 bits per heavy atom. The van der Waals surface area contributed by atoms with Crippen molar-refractivity contribution < 1.29 is 13.2 Å². The summed E-state index contributed by atoms with van der Waals surface area (Å²) in [6, 6.07) is 0. The Morgan fingerprint density at radius 1 is 1.42 bits per heavy atom. The average molecular weight is 215 g/mol. The molecule has 0 saturated heterocycles. The second kappa shape index (κ2) is 2.02. The van der Waals surface area contributed by atoms with Crippen molar-refractivity contribution in [2.45, 2.75) is 11.1 Å². The van der Waals surface area contributed by atoms with E-state index in [1.54, 1.807) is 0 Å². The van der Waals surface area contributed by atoms with E-state index in [4.69, 9.17) is 23.2 Å². The van der Waals surface area contributed by atoms with Gasteiger partial charge >= 0.3 is 6.18 Å². The maximum absolute atomic E-state index is 12.3. The summed E-state index contributed by atoms with van der Waals surface area (Å²) in [5.74, 6) is -0.730. The van der Waals surface area contributed by atoms with Gasteiger partial charge in [-0.2, -0.15) is 13.2 Å². The minimum absolute atomic E-state index is 0.132. The van der Waals surface area contributed by atoms with E-state index in [0.717, 1.165) is 6.08 Å². The lowest BCUT2D eigenvalue weighted by atomic mass is 10.0. The number of hydrogen-bond donors (Lipinski definition) is 0. The van der Waals surface area contributed by atoms with E-state index in [0.29, 0.717) is 5.57 Å². The van der Waals surface area contributed by atoms with Crippen molar-refractivity contribution >= 4 is 23.2 Å². The van der Waals surface area contributed by atoms with Crippen LogP contribution >= 0.6 is 23.2 Å². The molecule has 66 valence electrons. The molecule has 0 aromatic rings. The number of hydrogen-bond acceptors (Lipinski definition) is 0. The van der Waals surface area contributed by atoms with Crippen LogP contribution in [-0.2, 0) is 0 Å². The zero-order valence-corrected chi connectivity index (χ0v) is 7.13. The summed E-state index contributed by atoms with van der Waals surface area (Å²) in [6.45, 7) is 0. The van der Waals surface area contributed by atoms with E-state index in [-0.39, 0.29) is 5.03 Å². The smallest absolute Gasteiger partial charge is 0.169 e. The van der Waals surface area contributed by atoms with Gasteiger partial charge in [0, 0.05) is 11.0 Å². The Labute approximate surface area is 76.6 Å². The van der Waals surface area contributed by atoms with Crippen LogP contribution in [-0.4, -0.2) is 11.1 Å². The lowest BCUT2D eigenvalue weighted by Crippen LogP contribution is -2.39. The van der Waals surface area contributed by atoms with E-state index >= 15 is 0 Å². The third kappa shape index (κ3) is 0.866. The minimum Gasteiger partial charge on any atom is -0.169 e. The Bertz CT molecular complexity index is 302. The number of rotatable bonds is 0. The van der Waals surface area contributed by atoms with E-state index in [1.807, 2.05) is 0 Å². The van der Waals surface area contributed by atoms with Crippen molar-refractivity contribution in [1.82, 2.24) is 0 Å². The third-order valence-corrected chi connectivity index (χ3v) is 2.96. The molecule has 0 N–H and O–H groups in total. The molecular formula is C7H3Cl2F3. The van der Waals surface area contributed by atoms with Crippen LogP contribution in [0, 0.1) is 5.92 Å². The first-order chi connectivity index (χ1) is 5.36. The van der Waals surface area contributed by atoms with Crippen molar-refractivity contribution in [3.8, 4) is 0 Å². The molecule has 0 unspecified atom stereocenters. The monoisotopic (exact) mass is 214 g/mol. The van der Waals surface area contributed by atoms with Gasteiger partial charge in [0.05, 0.1) is 0 Å². The Morgan fingerprint density at radius 3 is 2.17 bits per heavy atom. The minimum atomic E-state index is -4.44. The highest BCUT2D eigenvalue weighted by Gasteiger charge is 2.64. The van der Waals surface area contributed by atoms with Crippen LogP contribution in [0.4, 0.5) is 13.2 Å². The molecule has 2 aliphatic carbocycles. The molecule has 5 heteroatoms. The van der Waals surface area contributed by atoms with Gasteiger partial charge in [0.1, 0.15) is 0 Å². The summed E-state index contributed by atoms with van der Waals surface area (Å²) in [4.78, 5) is -2.28. The normalized spacial score (nSPS) is 38.9. The van der Waals surface area contributed by atoms with E-state index in [1.165, 1.54) is 6.08 Å². The quantitative estimate of drug-likeness (QED) is 0.544. The van der Waals surface area contributed by atoms with Crippen LogP contribution in [0.5, 0.6) is 0 Å². The molecular weight excluding hydrogens is 212 g/mol. The topological polar surface area (TPSA) is 0 Å². The van der Waals surface area contributed by atoms with Crippen LogP contribution in [0.25, 0.3) is 0 Å². The summed E-state index contributed by atoms with van der Waals surface area (Å²) >= 11 is 10.9. The number of alkyl halides is 4. The molecule has 0 heterocycles. The molecule has 2 aliphatic rings. The van der Waals surface area contributed by atoms with Crippen molar-refractivity contribution in [1.29, 1.82) is 0 Å². The standard InChI is InChI=1S/C7H3Cl2F3/c8-5-2-6(9,7(10,11)12)4-1-3(4)5/h1-2,4H/t4-,6-/m0/s1. The first kappa shape index (κ1) is 8.45. The summed E-state index contributed by atoms with van der Waals surface area (Å²) in [5.41, 5.74) is 0.518. The van der Waals surface area contributed by atoms with Gasteiger partial charge in [-0.1, -0.05) is 17.7 Å². The van der Waals surface area contributed by atoms with Crippen LogP contribution in [0.2, 0.25) is 0 Å². The van der Waals surface area contributed by atoms with Crippen LogP contribution in [0.3, 0.4) is 0 Å². The van der Waals surface area contributed by atoms with Gasteiger partial charge in [-0.05, 0) is 11.6 Å². The van der Waals surface area contributed by atoms with Crippen LogP contribution < -0.4 is 0 Å². The lowest BCUT2D eigenvalue weighted by Gasteiger charge is -2.23. The molecule has 12 heavy (non-hydrogen) atoms. The molecule has 0 aromatic heterocycles. The second-order valence-electron chi connectivity index (χ2n) is 2.86. The van der Waals surface area contributed by atoms with Gasteiger partial charge in [0.2, 0.25) is 0 Å². The fourth-order valence-electron chi connectivity index (χ4n) is 1.32. The van der Waals surface area contributed by atoms with Gasteiger partial charge in [-0.15, -0.1) is 11.6 Å². The molecule has 0 bridgehead atoms. The predicted octanol–water partition coefficient (Wildman–Crippen LogP) is 3.22. The molecule has 0 fully saturated rings. The van der Waals surface area contributed by atoms with Crippen LogP contribution in [0.1, 0.15) is 0 Å². The van der Waals surface area contributed by atoms with Gasteiger partial charge in [-0.3, -0.25) is 0 Å². The lowest BCUT2D eigenvalue weighted by molar-refractivity contribution is -0.152. The first-order valence-electron chi connectivity index (χ1n) is 3.22. The Balaban J connectivity index is 2.37. The Hall–Kier alpha value is -0.150. The second-order valence-corrected chi connectivity index (χ2v) is 3.89. The zero-order valence-electron chi connectivity index (χ0n) is 5.62. The molecule has 0 spiro atoms. The van der Waals surface area contributed by atoms with Gasteiger partial charge in [-0.25, -0.2) is 0 Å². The third-order valence-electron chi connectivity index (χ3n) is 2.07. The highest BCUT2D eigenvalue weighted by atomic mass is 35.5. The van der Waals surface area contributed by atoms with Crippen molar-refractivity contribution in [3.05, 3.63) is 22.8 Å². The zero-order chi connectivity index (χ0) is 9.15. The molecule has 0 saturated carbocycles. The maximum atomic E-state index is 12.3. The Kier molecular flexibility index (Phi) is 1.42. The number of fused-ring (bicyclic) bond motifs is 1. The number of halogens is 5. The molecule has 0 aliphatic heterocycles. The van der Waals surface area contributed by atoms with Crippen LogP contribution in [0.15, 0.2) is 22.8 Å². The SMILES string of the molecule is FC(F)(F)[C@]1(Cl)C=C(Cl)C2=C[C@@H]21. The highest BCUT2D eigenvalue weighted by molar-refractivity contribution is 6.36. The molecule has 0 amide bonds. The van der Waals surface area contributed by atoms with E-state index < -0.39 is 17.0 Å². The molecule has 2 atom stereocenters. The molecule has 0 aromatic carbocycles. The maximum Gasteiger partial charge on any atom is 0.412 e. The van der Waals surface area contributed by atoms with Gasteiger partial charge in [0.15, 0.2) is 4.87 Å². The highest BCUT2D eigenvalue weighted by Crippen LogP contribution is 2.60. The number of allylic oxidation sites excluding steroid dienone is 4. The molecule has 2 rings (SSSR count). The van der Waals surface area contributed by atoms with Gasteiger partial charge in [0.25, 0.3) is 0 Å². The average Bonchev–Trinajstić information content (AvgIpc) is 2.56. The predicted molar refractivity (Wildman–Crippen MR) is 40.1 cm³/mol. The fourth-order valence-corrected chi connectivity index (χ4v) is 2.02. The summed E-state index contributed by atoms with van der Waals surface area (Å²) in [7, 11) is 0. The van der Waals surface area contributed by atoms with Crippen molar-refractivity contribution in [2.75, 3.05) is 0 Å². The van der Waals surface area contributed by atoms with Crippen molar-refractivity contribution in [3.63, 3.8) is 0 Å². The molecule has 0 radical (unpaired) electrons. The van der Waals surface area contributed by atoms with Crippen molar-refractivity contribution in [2.24, 2.45) is 5.92 Å². The molecule has 0 nitrogen and oxygen atoms in total. The summed E-state index contributed by atoms with van der Waals surface area (Å²) < 4.78 is 37.0. The largest absolute Gasteiger partial charge is 0.412 e. The summed E-state index contributed by atoms with van der Waals surface area (Å²) in [5, 5.41) is 0.132. The van der Waals surface area contributed by atoms with E-state index in [9.17, 15) is 13.2 Å².